The molecule has 5 nitrogen and oxygen atoms in total. The molecule has 116 valence electrons. The van der Waals surface area contributed by atoms with E-state index < -0.39 is 11.8 Å². The van der Waals surface area contributed by atoms with Gasteiger partial charge in [-0.1, -0.05) is 13.8 Å². The highest BCUT2D eigenvalue weighted by atomic mass is 32.1. The number of carbonyl (C=O) groups is 2. The molecule has 2 N–H and O–H groups in total. The van der Waals surface area contributed by atoms with Crippen LogP contribution in [-0.4, -0.2) is 42.4 Å². The van der Waals surface area contributed by atoms with Crippen molar-refractivity contribution in [2.24, 2.45) is 5.92 Å². The molecule has 6 heteroatoms. The summed E-state index contributed by atoms with van der Waals surface area (Å²) in [5.74, 6) is -0.539. The Morgan fingerprint density at radius 2 is 2.24 bits per heavy atom. The zero-order valence-electron chi connectivity index (χ0n) is 12.6. The highest BCUT2D eigenvalue weighted by Gasteiger charge is 2.26. The van der Waals surface area contributed by atoms with E-state index in [1.54, 1.807) is 11.4 Å². The van der Waals surface area contributed by atoms with Crippen molar-refractivity contribution in [1.29, 1.82) is 0 Å². The molecule has 1 aliphatic heterocycles. The molecule has 21 heavy (non-hydrogen) atoms. The summed E-state index contributed by atoms with van der Waals surface area (Å²) >= 11 is 1.48. The van der Waals surface area contributed by atoms with Gasteiger partial charge in [-0.15, -0.1) is 0 Å². The van der Waals surface area contributed by atoms with E-state index >= 15 is 0 Å². The Bertz CT molecular complexity index is 473. The van der Waals surface area contributed by atoms with E-state index in [1.807, 2.05) is 5.38 Å². The van der Waals surface area contributed by atoms with E-state index in [2.05, 4.69) is 29.4 Å². The fraction of sp³-hybridized carbons (Fsp3) is 0.600. The molecule has 1 aromatic heterocycles. The molecule has 1 aliphatic rings. The maximum Gasteiger partial charge on any atom is 0.313 e. The largest absolute Gasteiger partial charge is 0.346 e. The standard InChI is InChI=1S/C15H23N3O2S/c1-11(2)9-18-6-3-4-13(18)8-16-14(19)15(20)17-12-5-7-21-10-12/h5,7,10-11,13H,3-4,6,8-9H2,1-2H3,(H,16,19)(H,17,20)/t13-/m0/s1. The summed E-state index contributed by atoms with van der Waals surface area (Å²) < 4.78 is 0. The maximum absolute atomic E-state index is 11.8. The summed E-state index contributed by atoms with van der Waals surface area (Å²) in [5.41, 5.74) is 0.669. The Kier molecular flexibility index (Phi) is 5.76. The Hall–Kier alpha value is -1.40. The van der Waals surface area contributed by atoms with E-state index in [0.717, 1.165) is 25.9 Å². The first kappa shape index (κ1) is 16.0. The van der Waals surface area contributed by atoms with Crippen molar-refractivity contribution in [3.8, 4) is 0 Å². The predicted molar refractivity (Wildman–Crippen MR) is 85.4 cm³/mol. The first-order chi connectivity index (χ1) is 10.1. The minimum Gasteiger partial charge on any atom is -0.346 e. The molecule has 2 rings (SSSR count). The Balaban J connectivity index is 1.76. The monoisotopic (exact) mass is 309 g/mol. The van der Waals surface area contributed by atoms with E-state index in [0.29, 0.717) is 24.2 Å². The van der Waals surface area contributed by atoms with Crippen molar-refractivity contribution in [3.05, 3.63) is 16.8 Å². The maximum atomic E-state index is 11.8. The quantitative estimate of drug-likeness (QED) is 0.817. The Morgan fingerprint density at radius 3 is 2.90 bits per heavy atom. The van der Waals surface area contributed by atoms with Crippen molar-refractivity contribution in [3.63, 3.8) is 0 Å². The van der Waals surface area contributed by atoms with E-state index in [9.17, 15) is 9.59 Å². The molecule has 0 bridgehead atoms. The molecule has 0 unspecified atom stereocenters. The lowest BCUT2D eigenvalue weighted by molar-refractivity contribution is -0.136. The smallest absolute Gasteiger partial charge is 0.313 e. The van der Waals surface area contributed by atoms with Gasteiger partial charge in [0.15, 0.2) is 0 Å². The van der Waals surface area contributed by atoms with Crippen LogP contribution in [0.4, 0.5) is 5.69 Å². The first-order valence-corrected chi connectivity index (χ1v) is 8.36. The first-order valence-electron chi connectivity index (χ1n) is 7.41. The van der Waals surface area contributed by atoms with E-state index in [-0.39, 0.29) is 0 Å². The normalized spacial score (nSPS) is 18.9. The van der Waals surface area contributed by atoms with Crippen LogP contribution < -0.4 is 10.6 Å². The minimum absolute atomic E-state index is 0.352. The molecule has 2 amide bonds. The molecule has 1 fully saturated rings. The number of rotatable bonds is 5. The van der Waals surface area contributed by atoms with Crippen molar-refractivity contribution in [1.82, 2.24) is 10.2 Å². The molecule has 0 spiro atoms. The lowest BCUT2D eigenvalue weighted by atomic mass is 10.1. The van der Waals surface area contributed by atoms with Gasteiger partial charge in [-0.2, -0.15) is 11.3 Å². The van der Waals surface area contributed by atoms with Crippen molar-refractivity contribution >= 4 is 28.8 Å². The topological polar surface area (TPSA) is 61.4 Å². The van der Waals surface area contributed by atoms with Crippen molar-refractivity contribution in [2.75, 3.05) is 25.0 Å². The van der Waals surface area contributed by atoms with Crippen LogP contribution >= 0.6 is 11.3 Å². The number of thiophene rings is 1. The van der Waals surface area contributed by atoms with Crippen LogP contribution in [0.25, 0.3) is 0 Å². The van der Waals surface area contributed by atoms with Gasteiger partial charge in [0.1, 0.15) is 0 Å². The number of anilines is 1. The molecule has 1 aromatic rings. The summed E-state index contributed by atoms with van der Waals surface area (Å²) in [5, 5.41) is 8.99. The van der Waals surface area contributed by atoms with Gasteiger partial charge >= 0.3 is 11.8 Å². The molecular weight excluding hydrogens is 286 g/mol. The van der Waals surface area contributed by atoms with Gasteiger partial charge in [-0.25, -0.2) is 0 Å². The zero-order chi connectivity index (χ0) is 15.2. The van der Waals surface area contributed by atoms with Crippen LogP contribution in [0.3, 0.4) is 0 Å². The second kappa shape index (κ2) is 7.56. The third-order valence-corrected chi connectivity index (χ3v) is 4.27. The molecule has 2 heterocycles. The number of hydrogen-bond donors (Lipinski definition) is 2. The molecule has 1 saturated heterocycles. The molecule has 0 aromatic carbocycles. The van der Waals surface area contributed by atoms with Gasteiger partial charge in [0, 0.05) is 24.5 Å². The van der Waals surface area contributed by atoms with Gasteiger partial charge < -0.3 is 10.6 Å². The van der Waals surface area contributed by atoms with Crippen LogP contribution in [0.15, 0.2) is 16.8 Å². The van der Waals surface area contributed by atoms with Gasteiger partial charge in [0.05, 0.1) is 5.69 Å². The number of amides is 2. The molecule has 0 radical (unpaired) electrons. The number of nitrogens with zero attached hydrogens (tertiary/aromatic N) is 1. The lowest BCUT2D eigenvalue weighted by Gasteiger charge is -2.26. The predicted octanol–water partition coefficient (Wildman–Crippen LogP) is 1.92. The summed E-state index contributed by atoms with van der Waals surface area (Å²) in [6.07, 6.45) is 2.24. The molecular formula is C15H23N3O2S. The summed E-state index contributed by atoms with van der Waals surface area (Å²) in [6, 6.07) is 2.13. The summed E-state index contributed by atoms with van der Waals surface area (Å²) in [6.45, 7) is 7.06. The minimum atomic E-state index is -0.596. The number of hydrogen-bond acceptors (Lipinski definition) is 4. The fourth-order valence-electron chi connectivity index (χ4n) is 2.65. The average Bonchev–Trinajstić information content (AvgIpc) is 3.07. The second-order valence-corrected chi connectivity index (χ2v) is 6.64. The van der Waals surface area contributed by atoms with Crippen LogP contribution in [0.5, 0.6) is 0 Å². The Morgan fingerprint density at radius 1 is 1.43 bits per heavy atom. The summed E-state index contributed by atoms with van der Waals surface area (Å²) in [7, 11) is 0. The van der Waals surface area contributed by atoms with Crippen LogP contribution in [0, 0.1) is 5.92 Å². The number of nitrogens with one attached hydrogen (secondary N) is 2. The lowest BCUT2D eigenvalue weighted by Crippen LogP contribution is -2.44. The number of carbonyl (C=O) groups excluding carboxylic acids is 2. The second-order valence-electron chi connectivity index (χ2n) is 5.86. The van der Waals surface area contributed by atoms with Crippen LogP contribution in [-0.2, 0) is 9.59 Å². The van der Waals surface area contributed by atoms with Crippen molar-refractivity contribution in [2.45, 2.75) is 32.7 Å². The van der Waals surface area contributed by atoms with Gasteiger partial charge in [-0.05, 0) is 36.8 Å². The van der Waals surface area contributed by atoms with Gasteiger partial charge in [-0.3, -0.25) is 14.5 Å². The average molecular weight is 309 g/mol. The molecule has 1 atom stereocenters. The highest BCUT2D eigenvalue weighted by molar-refractivity contribution is 7.08. The molecule has 0 saturated carbocycles. The third kappa shape index (κ3) is 4.82. The number of likely N-dealkylation sites (tertiary alicyclic amines) is 1. The Labute approximate surface area is 129 Å². The third-order valence-electron chi connectivity index (χ3n) is 3.58. The highest BCUT2D eigenvalue weighted by Crippen LogP contribution is 2.18. The van der Waals surface area contributed by atoms with E-state index in [1.165, 1.54) is 11.3 Å². The fourth-order valence-corrected chi connectivity index (χ4v) is 3.24. The van der Waals surface area contributed by atoms with Gasteiger partial charge in [0.2, 0.25) is 0 Å². The van der Waals surface area contributed by atoms with Crippen LogP contribution in [0.2, 0.25) is 0 Å². The SMILES string of the molecule is CC(C)CN1CCC[C@H]1CNC(=O)C(=O)Nc1ccsc1. The zero-order valence-corrected chi connectivity index (χ0v) is 13.4. The van der Waals surface area contributed by atoms with Gasteiger partial charge in [0.25, 0.3) is 0 Å². The van der Waals surface area contributed by atoms with Crippen molar-refractivity contribution < 1.29 is 9.59 Å². The molecule has 0 aliphatic carbocycles. The summed E-state index contributed by atoms with van der Waals surface area (Å²) in [4.78, 5) is 26.0. The van der Waals surface area contributed by atoms with Crippen LogP contribution in [0.1, 0.15) is 26.7 Å². The van der Waals surface area contributed by atoms with E-state index in [4.69, 9.17) is 0 Å².